The summed E-state index contributed by atoms with van der Waals surface area (Å²) >= 11 is 5.85. The van der Waals surface area contributed by atoms with Crippen molar-refractivity contribution in [2.24, 2.45) is 0 Å². The summed E-state index contributed by atoms with van der Waals surface area (Å²) < 4.78 is 39.2. The molecule has 2 heterocycles. The van der Waals surface area contributed by atoms with Crippen molar-refractivity contribution in [2.75, 3.05) is 0 Å². The van der Waals surface area contributed by atoms with E-state index in [1.54, 1.807) is 6.20 Å². The minimum Gasteiger partial charge on any atom is -0.305 e. The first-order valence-electron chi connectivity index (χ1n) is 5.58. The van der Waals surface area contributed by atoms with E-state index in [2.05, 4.69) is 4.98 Å². The second-order valence-electron chi connectivity index (χ2n) is 4.28. The second kappa shape index (κ2) is 4.46. The lowest BCUT2D eigenvalue weighted by Gasteiger charge is -2.07. The van der Waals surface area contributed by atoms with Crippen LogP contribution in [0.5, 0.6) is 0 Å². The summed E-state index contributed by atoms with van der Waals surface area (Å²) in [5.41, 5.74) is 0.340. The van der Waals surface area contributed by atoms with Crippen LogP contribution in [0.3, 0.4) is 0 Å². The van der Waals surface area contributed by atoms with Gasteiger partial charge in [0, 0.05) is 12.4 Å². The number of halogens is 4. The van der Waals surface area contributed by atoms with Gasteiger partial charge in [0.15, 0.2) is 5.65 Å². The predicted molar refractivity (Wildman–Crippen MR) is 63.9 cm³/mol. The molecule has 98 valence electrons. The molecule has 2 aromatic rings. The van der Waals surface area contributed by atoms with Crippen LogP contribution in [0, 0.1) is 0 Å². The Hall–Kier alpha value is -1.23. The predicted octanol–water partition coefficient (Wildman–Crippen LogP) is 4.52. The van der Waals surface area contributed by atoms with Crippen molar-refractivity contribution in [1.82, 2.24) is 9.38 Å². The Morgan fingerprint density at radius 1 is 1.39 bits per heavy atom. The first-order chi connectivity index (χ1) is 8.32. The minimum atomic E-state index is -4.40. The van der Waals surface area contributed by atoms with Crippen LogP contribution < -0.4 is 0 Å². The molecule has 0 spiro atoms. The number of hydrogen-bond donors (Lipinski definition) is 0. The SMILES string of the molecule is CCC(C)c1cn2cc(C(F)(F)F)cc(Cl)c2n1. The second-order valence-corrected chi connectivity index (χ2v) is 4.69. The van der Waals surface area contributed by atoms with Crippen molar-refractivity contribution in [3.63, 3.8) is 0 Å². The lowest BCUT2D eigenvalue weighted by Crippen LogP contribution is -2.06. The van der Waals surface area contributed by atoms with Crippen LogP contribution in [0.4, 0.5) is 13.2 Å². The minimum absolute atomic E-state index is 0.0133. The zero-order chi connectivity index (χ0) is 13.5. The van der Waals surface area contributed by atoms with E-state index in [0.717, 1.165) is 24.4 Å². The molecular formula is C12H12ClF3N2. The molecular weight excluding hydrogens is 265 g/mol. The van der Waals surface area contributed by atoms with Crippen LogP contribution in [0.2, 0.25) is 5.02 Å². The Morgan fingerprint density at radius 2 is 2.06 bits per heavy atom. The Kier molecular flexibility index (Phi) is 3.27. The molecule has 2 rings (SSSR count). The van der Waals surface area contributed by atoms with Crippen molar-refractivity contribution in [2.45, 2.75) is 32.4 Å². The van der Waals surface area contributed by atoms with E-state index in [-0.39, 0.29) is 10.9 Å². The topological polar surface area (TPSA) is 17.3 Å². The van der Waals surface area contributed by atoms with Gasteiger partial charge in [0.1, 0.15) is 0 Å². The summed E-state index contributed by atoms with van der Waals surface area (Å²) in [6, 6.07) is 0.907. The van der Waals surface area contributed by atoms with Crippen molar-refractivity contribution >= 4 is 17.2 Å². The highest BCUT2D eigenvalue weighted by Crippen LogP contribution is 2.32. The number of nitrogens with zero attached hydrogens (tertiary/aromatic N) is 2. The van der Waals surface area contributed by atoms with E-state index in [4.69, 9.17) is 11.6 Å². The van der Waals surface area contributed by atoms with Gasteiger partial charge in [-0.15, -0.1) is 0 Å². The normalized spacial score (nSPS) is 14.1. The highest BCUT2D eigenvalue weighted by molar-refractivity contribution is 6.33. The highest BCUT2D eigenvalue weighted by atomic mass is 35.5. The average molecular weight is 277 g/mol. The Morgan fingerprint density at radius 3 is 2.61 bits per heavy atom. The molecule has 0 saturated carbocycles. The van der Waals surface area contributed by atoms with Gasteiger partial charge in [0.05, 0.1) is 16.3 Å². The molecule has 2 nitrogen and oxygen atoms in total. The van der Waals surface area contributed by atoms with Gasteiger partial charge in [-0.05, 0) is 18.4 Å². The first kappa shape index (κ1) is 13.2. The fraction of sp³-hybridized carbons (Fsp3) is 0.417. The molecule has 1 unspecified atom stereocenters. The summed E-state index contributed by atoms with van der Waals surface area (Å²) in [7, 11) is 0. The van der Waals surface area contributed by atoms with E-state index >= 15 is 0 Å². The van der Waals surface area contributed by atoms with Gasteiger partial charge in [-0.25, -0.2) is 4.98 Å². The van der Waals surface area contributed by atoms with Crippen LogP contribution in [-0.4, -0.2) is 9.38 Å². The van der Waals surface area contributed by atoms with Crippen LogP contribution in [0.1, 0.15) is 37.4 Å². The molecule has 0 saturated heterocycles. The largest absolute Gasteiger partial charge is 0.417 e. The smallest absolute Gasteiger partial charge is 0.305 e. The van der Waals surface area contributed by atoms with Crippen LogP contribution >= 0.6 is 11.6 Å². The van der Waals surface area contributed by atoms with Gasteiger partial charge in [-0.3, -0.25) is 0 Å². The summed E-state index contributed by atoms with van der Waals surface area (Å²) in [6.07, 6.45) is -0.920. The molecule has 0 aliphatic heterocycles. The summed E-state index contributed by atoms with van der Waals surface area (Å²) in [6.45, 7) is 3.97. The number of pyridine rings is 1. The van der Waals surface area contributed by atoms with E-state index in [9.17, 15) is 13.2 Å². The molecule has 1 atom stereocenters. The lowest BCUT2D eigenvalue weighted by molar-refractivity contribution is -0.137. The van der Waals surface area contributed by atoms with Gasteiger partial charge in [-0.1, -0.05) is 25.4 Å². The van der Waals surface area contributed by atoms with Gasteiger partial charge < -0.3 is 4.40 Å². The quantitative estimate of drug-likeness (QED) is 0.788. The van der Waals surface area contributed by atoms with Crippen LogP contribution in [0.25, 0.3) is 5.65 Å². The molecule has 0 amide bonds. The molecule has 0 aromatic carbocycles. The number of alkyl halides is 3. The number of aromatic nitrogens is 2. The van der Waals surface area contributed by atoms with Crippen LogP contribution in [0.15, 0.2) is 18.5 Å². The van der Waals surface area contributed by atoms with Crippen molar-refractivity contribution in [3.05, 3.63) is 34.7 Å². The first-order valence-corrected chi connectivity index (χ1v) is 5.96. The third-order valence-electron chi connectivity index (χ3n) is 2.97. The van der Waals surface area contributed by atoms with E-state index < -0.39 is 11.7 Å². The molecule has 0 radical (unpaired) electrons. The van der Waals surface area contributed by atoms with Crippen molar-refractivity contribution in [3.8, 4) is 0 Å². The highest BCUT2D eigenvalue weighted by Gasteiger charge is 2.32. The fourth-order valence-electron chi connectivity index (χ4n) is 1.68. The molecule has 0 aliphatic rings. The Balaban J connectivity index is 2.59. The van der Waals surface area contributed by atoms with Gasteiger partial charge in [0.2, 0.25) is 0 Å². The molecule has 2 aromatic heterocycles. The Labute approximate surface area is 107 Å². The zero-order valence-corrected chi connectivity index (χ0v) is 10.7. The van der Waals surface area contributed by atoms with Crippen molar-refractivity contribution in [1.29, 1.82) is 0 Å². The van der Waals surface area contributed by atoms with E-state index in [1.165, 1.54) is 4.40 Å². The summed E-state index contributed by atoms with van der Waals surface area (Å²) in [5.74, 6) is 0.190. The Bertz CT molecular complexity index is 574. The maximum atomic E-state index is 12.6. The van der Waals surface area contributed by atoms with Crippen LogP contribution in [-0.2, 0) is 6.18 Å². The molecule has 18 heavy (non-hydrogen) atoms. The number of imidazole rings is 1. The monoisotopic (exact) mass is 276 g/mol. The number of fused-ring (bicyclic) bond motifs is 1. The molecule has 0 N–H and O–H groups in total. The maximum absolute atomic E-state index is 12.6. The molecule has 0 fully saturated rings. The molecule has 0 bridgehead atoms. The van der Waals surface area contributed by atoms with Gasteiger partial charge in [0.25, 0.3) is 0 Å². The maximum Gasteiger partial charge on any atom is 0.417 e. The third-order valence-corrected chi connectivity index (χ3v) is 3.25. The fourth-order valence-corrected chi connectivity index (χ4v) is 1.93. The van der Waals surface area contributed by atoms with E-state index in [0.29, 0.717) is 5.65 Å². The summed E-state index contributed by atoms with van der Waals surface area (Å²) in [4.78, 5) is 4.27. The zero-order valence-electron chi connectivity index (χ0n) is 9.92. The van der Waals surface area contributed by atoms with E-state index in [1.807, 2.05) is 13.8 Å². The van der Waals surface area contributed by atoms with Gasteiger partial charge in [-0.2, -0.15) is 13.2 Å². The number of rotatable bonds is 2. The van der Waals surface area contributed by atoms with Gasteiger partial charge >= 0.3 is 6.18 Å². The average Bonchev–Trinajstić information content (AvgIpc) is 2.71. The standard InChI is InChI=1S/C12H12ClF3N2/c1-3-7(2)10-6-18-5-8(12(14,15)16)4-9(13)11(18)17-10/h4-7H,3H2,1-2H3. The summed E-state index contributed by atoms with van der Waals surface area (Å²) in [5, 5.41) is 0.0133. The lowest BCUT2D eigenvalue weighted by atomic mass is 10.1. The third kappa shape index (κ3) is 2.32. The molecule has 0 aliphatic carbocycles. The molecule has 6 heteroatoms. The number of hydrogen-bond acceptors (Lipinski definition) is 1. The van der Waals surface area contributed by atoms with Crippen molar-refractivity contribution < 1.29 is 13.2 Å².